The standard InChI is InChI=1S/C13H26N2O3/c1-6-15(10(4)5)13(18)14-8-11(12(16)17)7-9(2)3/h9-11H,6-8H2,1-5H3,(H,14,18)(H,16,17). The fraction of sp³-hybridized carbons (Fsp3) is 0.846. The molecule has 0 aliphatic heterocycles. The number of hydrogen-bond donors (Lipinski definition) is 2. The van der Waals surface area contributed by atoms with E-state index in [0.29, 0.717) is 18.9 Å². The van der Waals surface area contributed by atoms with E-state index >= 15 is 0 Å². The Labute approximate surface area is 110 Å². The first-order valence-electron chi connectivity index (χ1n) is 6.56. The molecule has 0 saturated carbocycles. The monoisotopic (exact) mass is 258 g/mol. The third-order valence-electron chi connectivity index (χ3n) is 2.83. The number of carboxylic acid groups (broad SMARTS) is 1. The molecule has 0 spiro atoms. The Morgan fingerprint density at radius 1 is 1.22 bits per heavy atom. The van der Waals surface area contributed by atoms with Crippen LogP contribution >= 0.6 is 0 Å². The highest BCUT2D eigenvalue weighted by atomic mass is 16.4. The Hall–Kier alpha value is -1.26. The van der Waals surface area contributed by atoms with Crippen LogP contribution in [0.25, 0.3) is 0 Å². The van der Waals surface area contributed by atoms with Crippen LogP contribution < -0.4 is 5.32 Å². The van der Waals surface area contributed by atoms with E-state index in [2.05, 4.69) is 5.32 Å². The molecule has 0 saturated heterocycles. The number of amides is 2. The number of carbonyl (C=O) groups is 2. The van der Waals surface area contributed by atoms with Crippen LogP contribution in [-0.2, 0) is 4.79 Å². The van der Waals surface area contributed by atoms with Gasteiger partial charge in [0.15, 0.2) is 0 Å². The van der Waals surface area contributed by atoms with Gasteiger partial charge in [0.25, 0.3) is 0 Å². The van der Waals surface area contributed by atoms with Crippen molar-refractivity contribution in [3.05, 3.63) is 0 Å². The molecule has 2 amide bonds. The van der Waals surface area contributed by atoms with Crippen molar-refractivity contribution in [1.29, 1.82) is 0 Å². The molecule has 5 nitrogen and oxygen atoms in total. The summed E-state index contributed by atoms with van der Waals surface area (Å²) >= 11 is 0. The third-order valence-corrected chi connectivity index (χ3v) is 2.83. The Balaban J connectivity index is 4.34. The Bertz CT molecular complexity index is 277. The molecule has 0 bridgehead atoms. The summed E-state index contributed by atoms with van der Waals surface area (Å²) in [4.78, 5) is 24.6. The van der Waals surface area contributed by atoms with Gasteiger partial charge in [-0.3, -0.25) is 4.79 Å². The van der Waals surface area contributed by atoms with Gasteiger partial charge in [0.2, 0.25) is 0 Å². The molecule has 18 heavy (non-hydrogen) atoms. The zero-order valence-electron chi connectivity index (χ0n) is 12.1. The van der Waals surface area contributed by atoms with Gasteiger partial charge in [0.05, 0.1) is 5.92 Å². The first-order chi connectivity index (χ1) is 8.29. The molecule has 5 heteroatoms. The zero-order valence-corrected chi connectivity index (χ0v) is 12.1. The second-order valence-corrected chi connectivity index (χ2v) is 5.23. The van der Waals surface area contributed by atoms with E-state index in [1.807, 2.05) is 34.6 Å². The predicted molar refractivity (Wildman–Crippen MR) is 71.5 cm³/mol. The molecule has 0 fully saturated rings. The van der Waals surface area contributed by atoms with Crippen molar-refractivity contribution in [3.8, 4) is 0 Å². The Kier molecular flexibility index (Phi) is 7.39. The van der Waals surface area contributed by atoms with Gasteiger partial charge in [-0.05, 0) is 33.1 Å². The summed E-state index contributed by atoms with van der Waals surface area (Å²) in [6.07, 6.45) is 0.573. The second-order valence-electron chi connectivity index (χ2n) is 5.23. The molecule has 0 aromatic heterocycles. The molecular formula is C13H26N2O3. The number of carboxylic acids is 1. The van der Waals surface area contributed by atoms with Crippen molar-refractivity contribution in [3.63, 3.8) is 0 Å². The van der Waals surface area contributed by atoms with Crippen LogP contribution in [0, 0.1) is 11.8 Å². The van der Waals surface area contributed by atoms with Crippen LogP contribution in [0.1, 0.15) is 41.0 Å². The number of nitrogens with one attached hydrogen (secondary N) is 1. The summed E-state index contributed by atoms with van der Waals surface area (Å²) in [5, 5.41) is 11.8. The Morgan fingerprint density at radius 2 is 1.78 bits per heavy atom. The van der Waals surface area contributed by atoms with Gasteiger partial charge in [-0.25, -0.2) is 4.79 Å². The largest absolute Gasteiger partial charge is 0.481 e. The van der Waals surface area contributed by atoms with E-state index in [4.69, 9.17) is 5.11 Å². The smallest absolute Gasteiger partial charge is 0.317 e. The highest BCUT2D eigenvalue weighted by Crippen LogP contribution is 2.11. The van der Waals surface area contributed by atoms with Gasteiger partial charge in [0.1, 0.15) is 0 Å². The molecular weight excluding hydrogens is 232 g/mol. The quantitative estimate of drug-likeness (QED) is 0.735. The highest BCUT2D eigenvalue weighted by molar-refractivity contribution is 5.76. The summed E-state index contributed by atoms with van der Waals surface area (Å²) in [6, 6.07) is -0.0779. The van der Waals surface area contributed by atoms with Crippen LogP contribution in [-0.4, -0.2) is 41.1 Å². The lowest BCUT2D eigenvalue weighted by molar-refractivity contribution is -0.142. The number of carbonyl (C=O) groups excluding carboxylic acids is 1. The van der Waals surface area contributed by atoms with Gasteiger partial charge < -0.3 is 15.3 Å². The maximum Gasteiger partial charge on any atom is 0.317 e. The van der Waals surface area contributed by atoms with Crippen molar-refractivity contribution in [2.75, 3.05) is 13.1 Å². The summed E-state index contributed by atoms with van der Waals surface area (Å²) in [5.74, 6) is -1.06. The predicted octanol–water partition coefficient (Wildman–Crippen LogP) is 2.17. The van der Waals surface area contributed by atoms with Crippen molar-refractivity contribution in [2.24, 2.45) is 11.8 Å². The van der Waals surface area contributed by atoms with Crippen LogP contribution in [0.4, 0.5) is 4.79 Å². The maximum absolute atomic E-state index is 11.9. The topological polar surface area (TPSA) is 69.6 Å². The molecule has 106 valence electrons. The Morgan fingerprint density at radius 3 is 2.11 bits per heavy atom. The molecule has 1 atom stereocenters. The normalized spacial score (nSPS) is 12.6. The molecule has 2 N–H and O–H groups in total. The highest BCUT2D eigenvalue weighted by Gasteiger charge is 2.21. The van der Waals surface area contributed by atoms with Gasteiger partial charge in [-0.2, -0.15) is 0 Å². The van der Waals surface area contributed by atoms with E-state index in [1.165, 1.54) is 0 Å². The molecule has 0 radical (unpaired) electrons. The minimum atomic E-state index is -0.850. The van der Waals surface area contributed by atoms with Crippen molar-refractivity contribution in [2.45, 2.75) is 47.1 Å². The van der Waals surface area contributed by atoms with Gasteiger partial charge in [-0.1, -0.05) is 13.8 Å². The van der Waals surface area contributed by atoms with E-state index in [1.54, 1.807) is 4.90 Å². The summed E-state index contributed by atoms with van der Waals surface area (Å²) in [5.41, 5.74) is 0. The van der Waals surface area contributed by atoms with Gasteiger partial charge in [-0.15, -0.1) is 0 Å². The number of nitrogens with zero attached hydrogens (tertiary/aromatic N) is 1. The zero-order chi connectivity index (χ0) is 14.3. The second kappa shape index (κ2) is 7.95. The molecule has 0 aromatic carbocycles. The first-order valence-corrected chi connectivity index (χ1v) is 6.56. The lowest BCUT2D eigenvalue weighted by Gasteiger charge is -2.26. The fourth-order valence-corrected chi connectivity index (χ4v) is 1.90. The van der Waals surface area contributed by atoms with E-state index in [-0.39, 0.29) is 18.6 Å². The van der Waals surface area contributed by atoms with Crippen LogP contribution in [0.15, 0.2) is 0 Å². The van der Waals surface area contributed by atoms with Gasteiger partial charge >= 0.3 is 12.0 Å². The van der Waals surface area contributed by atoms with Crippen LogP contribution in [0.3, 0.4) is 0 Å². The molecule has 0 aliphatic carbocycles. The average molecular weight is 258 g/mol. The van der Waals surface area contributed by atoms with Crippen molar-refractivity contribution < 1.29 is 14.7 Å². The lowest BCUT2D eigenvalue weighted by Crippen LogP contribution is -2.46. The van der Waals surface area contributed by atoms with E-state index < -0.39 is 11.9 Å². The number of urea groups is 1. The van der Waals surface area contributed by atoms with E-state index in [0.717, 1.165) is 0 Å². The maximum atomic E-state index is 11.9. The third kappa shape index (κ3) is 5.89. The number of hydrogen-bond acceptors (Lipinski definition) is 2. The first kappa shape index (κ1) is 16.7. The number of rotatable bonds is 7. The SMILES string of the molecule is CCN(C(=O)NCC(CC(C)C)C(=O)O)C(C)C. The van der Waals surface area contributed by atoms with E-state index in [9.17, 15) is 9.59 Å². The fourth-order valence-electron chi connectivity index (χ4n) is 1.90. The molecule has 0 aliphatic rings. The molecule has 0 rings (SSSR count). The summed E-state index contributed by atoms with van der Waals surface area (Å²) in [7, 11) is 0. The molecule has 0 heterocycles. The van der Waals surface area contributed by atoms with Crippen LogP contribution in [0.2, 0.25) is 0 Å². The van der Waals surface area contributed by atoms with Crippen molar-refractivity contribution in [1.82, 2.24) is 10.2 Å². The lowest BCUT2D eigenvalue weighted by atomic mass is 9.97. The minimum absolute atomic E-state index is 0.114. The summed E-state index contributed by atoms with van der Waals surface area (Å²) < 4.78 is 0. The molecule has 0 aromatic rings. The van der Waals surface area contributed by atoms with Gasteiger partial charge in [0, 0.05) is 19.1 Å². The molecule has 1 unspecified atom stereocenters. The van der Waals surface area contributed by atoms with Crippen molar-refractivity contribution >= 4 is 12.0 Å². The average Bonchev–Trinajstić information content (AvgIpc) is 2.23. The summed E-state index contributed by atoms with van der Waals surface area (Å²) in [6.45, 7) is 10.5. The minimum Gasteiger partial charge on any atom is -0.481 e. The van der Waals surface area contributed by atoms with Crippen LogP contribution in [0.5, 0.6) is 0 Å². The number of aliphatic carboxylic acids is 1.